The van der Waals surface area contributed by atoms with E-state index in [1.807, 2.05) is 12.3 Å². The van der Waals surface area contributed by atoms with E-state index in [-0.39, 0.29) is 0 Å². The highest BCUT2D eigenvalue weighted by Gasteiger charge is 2.05. The minimum atomic E-state index is 0.550. The van der Waals surface area contributed by atoms with Gasteiger partial charge in [0.1, 0.15) is 5.82 Å². The lowest BCUT2D eigenvalue weighted by Gasteiger charge is -2.13. The molecule has 0 radical (unpaired) electrons. The van der Waals surface area contributed by atoms with Crippen molar-refractivity contribution < 1.29 is 0 Å². The molecule has 2 heteroatoms. The first kappa shape index (κ1) is 13.6. The standard InChI is InChI=1S/C19H20N2/c1-15(16-7-3-2-4-8-16)11-13-20-19-18-10-6-5-9-17(18)12-14-21-19/h2-10,12,14-15H,11,13H2,1H3,(H,20,21). The predicted molar refractivity (Wildman–Crippen MR) is 89.7 cm³/mol. The van der Waals surface area contributed by atoms with Crippen LogP contribution in [0, 0.1) is 0 Å². The molecular formula is C19H20N2. The molecule has 1 aromatic heterocycles. The van der Waals surface area contributed by atoms with E-state index in [0.29, 0.717) is 5.92 Å². The van der Waals surface area contributed by atoms with Crippen LogP contribution in [-0.2, 0) is 0 Å². The SMILES string of the molecule is CC(CCNc1nccc2ccccc12)c1ccccc1. The fourth-order valence-corrected chi connectivity index (χ4v) is 2.62. The fourth-order valence-electron chi connectivity index (χ4n) is 2.62. The molecule has 3 rings (SSSR count). The molecule has 1 N–H and O–H groups in total. The first-order valence-electron chi connectivity index (χ1n) is 7.47. The molecule has 0 aliphatic heterocycles. The van der Waals surface area contributed by atoms with Crippen molar-refractivity contribution in [3.63, 3.8) is 0 Å². The number of hydrogen-bond acceptors (Lipinski definition) is 2. The highest BCUT2D eigenvalue weighted by molar-refractivity contribution is 5.91. The second-order valence-electron chi connectivity index (χ2n) is 5.41. The van der Waals surface area contributed by atoms with Gasteiger partial charge in [0, 0.05) is 18.1 Å². The van der Waals surface area contributed by atoms with Gasteiger partial charge in [0.15, 0.2) is 0 Å². The molecule has 0 bridgehead atoms. The van der Waals surface area contributed by atoms with Crippen LogP contribution >= 0.6 is 0 Å². The fraction of sp³-hybridized carbons (Fsp3) is 0.211. The zero-order valence-electron chi connectivity index (χ0n) is 12.3. The Morgan fingerprint density at radius 1 is 0.952 bits per heavy atom. The Labute approximate surface area is 125 Å². The molecule has 0 saturated carbocycles. The second-order valence-corrected chi connectivity index (χ2v) is 5.41. The van der Waals surface area contributed by atoms with Crippen molar-refractivity contribution in [2.75, 3.05) is 11.9 Å². The smallest absolute Gasteiger partial charge is 0.133 e. The van der Waals surface area contributed by atoms with Crippen molar-refractivity contribution in [2.24, 2.45) is 0 Å². The van der Waals surface area contributed by atoms with Gasteiger partial charge in [0.2, 0.25) is 0 Å². The second kappa shape index (κ2) is 6.40. The lowest BCUT2D eigenvalue weighted by Crippen LogP contribution is -2.07. The molecule has 0 saturated heterocycles. The van der Waals surface area contributed by atoms with Crippen LogP contribution in [-0.4, -0.2) is 11.5 Å². The van der Waals surface area contributed by atoms with Crippen molar-refractivity contribution in [1.82, 2.24) is 4.98 Å². The van der Waals surface area contributed by atoms with Gasteiger partial charge in [0.25, 0.3) is 0 Å². The van der Waals surface area contributed by atoms with Crippen LogP contribution in [0.3, 0.4) is 0 Å². The van der Waals surface area contributed by atoms with E-state index in [9.17, 15) is 0 Å². The minimum absolute atomic E-state index is 0.550. The average Bonchev–Trinajstić information content (AvgIpc) is 2.56. The molecule has 1 heterocycles. The van der Waals surface area contributed by atoms with Crippen molar-refractivity contribution in [1.29, 1.82) is 0 Å². The van der Waals surface area contributed by atoms with E-state index in [4.69, 9.17) is 0 Å². The largest absolute Gasteiger partial charge is 0.370 e. The zero-order valence-corrected chi connectivity index (χ0v) is 12.3. The lowest BCUT2D eigenvalue weighted by molar-refractivity contribution is 0.705. The van der Waals surface area contributed by atoms with Crippen molar-refractivity contribution in [3.05, 3.63) is 72.4 Å². The number of pyridine rings is 1. The Morgan fingerprint density at radius 2 is 1.71 bits per heavy atom. The van der Waals surface area contributed by atoms with E-state index in [1.165, 1.54) is 16.3 Å². The first-order chi connectivity index (χ1) is 10.3. The van der Waals surface area contributed by atoms with Gasteiger partial charge >= 0.3 is 0 Å². The Kier molecular flexibility index (Phi) is 4.15. The quantitative estimate of drug-likeness (QED) is 0.721. The van der Waals surface area contributed by atoms with Crippen molar-refractivity contribution in [3.8, 4) is 0 Å². The maximum atomic E-state index is 4.47. The van der Waals surface area contributed by atoms with Gasteiger partial charge in [-0.05, 0) is 29.4 Å². The third-order valence-corrected chi connectivity index (χ3v) is 3.91. The molecule has 2 nitrogen and oxygen atoms in total. The number of fused-ring (bicyclic) bond motifs is 1. The van der Waals surface area contributed by atoms with Crippen molar-refractivity contribution >= 4 is 16.6 Å². The summed E-state index contributed by atoms with van der Waals surface area (Å²) in [5.74, 6) is 1.53. The summed E-state index contributed by atoms with van der Waals surface area (Å²) >= 11 is 0. The lowest BCUT2D eigenvalue weighted by atomic mass is 9.98. The molecule has 2 aromatic carbocycles. The summed E-state index contributed by atoms with van der Waals surface area (Å²) in [6.45, 7) is 3.20. The maximum Gasteiger partial charge on any atom is 0.133 e. The highest BCUT2D eigenvalue weighted by Crippen LogP contribution is 2.22. The van der Waals surface area contributed by atoms with E-state index >= 15 is 0 Å². The van der Waals surface area contributed by atoms with Gasteiger partial charge in [-0.3, -0.25) is 0 Å². The van der Waals surface area contributed by atoms with E-state index in [2.05, 4.69) is 71.8 Å². The highest BCUT2D eigenvalue weighted by atomic mass is 15.0. The summed E-state index contributed by atoms with van der Waals surface area (Å²) in [7, 11) is 0. The summed E-state index contributed by atoms with van der Waals surface area (Å²) < 4.78 is 0. The summed E-state index contributed by atoms with van der Waals surface area (Å²) in [5, 5.41) is 5.89. The van der Waals surface area contributed by atoms with Gasteiger partial charge in [-0.2, -0.15) is 0 Å². The van der Waals surface area contributed by atoms with Crippen LogP contribution < -0.4 is 5.32 Å². The van der Waals surface area contributed by atoms with Gasteiger partial charge in [-0.1, -0.05) is 61.5 Å². The molecule has 106 valence electrons. The van der Waals surface area contributed by atoms with E-state index in [1.54, 1.807) is 0 Å². The molecule has 3 aromatic rings. The third kappa shape index (κ3) is 3.22. The van der Waals surface area contributed by atoms with Crippen molar-refractivity contribution in [2.45, 2.75) is 19.3 Å². The number of benzene rings is 2. The average molecular weight is 276 g/mol. The molecule has 1 atom stereocenters. The Morgan fingerprint density at radius 3 is 2.57 bits per heavy atom. The molecule has 0 amide bonds. The topological polar surface area (TPSA) is 24.9 Å². The molecule has 0 aliphatic carbocycles. The van der Waals surface area contributed by atoms with Crippen LogP contribution in [0.1, 0.15) is 24.8 Å². The van der Waals surface area contributed by atoms with E-state index < -0.39 is 0 Å². The van der Waals surface area contributed by atoms with Gasteiger partial charge in [0.05, 0.1) is 0 Å². The maximum absolute atomic E-state index is 4.47. The zero-order chi connectivity index (χ0) is 14.5. The molecule has 1 unspecified atom stereocenters. The Balaban J connectivity index is 1.65. The molecule has 0 aliphatic rings. The number of rotatable bonds is 5. The first-order valence-corrected chi connectivity index (χ1v) is 7.47. The number of anilines is 1. The van der Waals surface area contributed by atoms with Crippen LogP contribution in [0.5, 0.6) is 0 Å². The Bertz CT molecular complexity index is 702. The Hall–Kier alpha value is -2.35. The van der Waals surface area contributed by atoms with Gasteiger partial charge in [-0.15, -0.1) is 0 Å². The molecule has 0 fully saturated rings. The summed E-state index contributed by atoms with van der Waals surface area (Å²) in [6.07, 6.45) is 2.96. The predicted octanol–water partition coefficient (Wildman–Crippen LogP) is 4.84. The number of aromatic nitrogens is 1. The third-order valence-electron chi connectivity index (χ3n) is 3.91. The summed E-state index contributed by atoms with van der Waals surface area (Å²) in [6, 6.07) is 21.1. The summed E-state index contributed by atoms with van der Waals surface area (Å²) in [5.41, 5.74) is 1.39. The van der Waals surface area contributed by atoms with Gasteiger partial charge in [-0.25, -0.2) is 4.98 Å². The van der Waals surface area contributed by atoms with Crippen LogP contribution in [0.15, 0.2) is 66.9 Å². The van der Waals surface area contributed by atoms with Crippen LogP contribution in [0.2, 0.25) is 0 Å². The normalized spacial score (nSPS) is 12.2. The van der Waals surface area contributed by atoms with Crippen LogP contribution in [0.4, 0.5) is 5.82 Å². The minimum Gasteiger partial charge on any atom is -0.370 e. The number of hydrogen-bond donors (Lipinski definition) is 1. The van der Waals surface area contributed by atoms with Gasteiger partial charge < -0.3 is 5.32 Å². The monoisotopic (exact) mass is 276 g/mol. The number of nitrogens with one attached hydrogen (secondary N) is 1. The molecule has 0 spiro atoms. The number of nitrogens with zero attached hydrogens (tertiary/aromatic N) is 1. The molecule has 21 heavy (non-hydrogen) atoms. The van der Waals surface area contributed by atoms with E-state index in [0.717, 1.165) is 18.8 Å². The molecular weight excluding hydrogens is 256 g/mol. The van der Waals surface area contributed by atoms with Crippen LogP contribution in [0.25, 0.3) is 10.8 Å². The summed E-state index contributed by atoms with van der Waals surface area (Å²) in [4.78, 5) is 4.47.